The smallest absolute Gasteiger partial charge is 0.336 e. The van der Waals surface area contributed by atoms with E-state index in [4.69, 9.17) is 4.42 Å². The highest BCUT2D eigenvalue weighted by molar-refractivity contribution is 7.89. The minimum absolute atomic E-state index is 0.206. The van der Waals surface area contributed by atoms with Gasteiger partial charge in [0, 0.05) is 29.6 Å². The Labute approximate surface area is 148 Å². The highest BCUT2D eigenvalue weighted by Gasteiger charge is 2.35. The van der Waals surface area contributed by atoms with Gasteiger partial charge in [-0.2, -0.15) is 4.31 Å². The lowest BCUT2D eigenvalue weighted by Gasteiger charge is -2.33. The van der Waals surface area contributed by atoms with Gasteiger partial charge < -0.3 is 4.42 Å². The van der Waals surface area contributed by atoms with Crippen molar-refractivity contribution in [2.75, 3.05) is 6.54 Å². The Hall–Kier alpha value is -2.03. The van der Waals surface area contributed by atoms with Gasteiger partial charge in [-0.3, -0.25) is 0 Å². The summed E-state index contributed by atoms with van der Waals surface area (Å²) in [5.74, 6) is 0. The highest BCUT2D eigenvalue weighted by Crippen LogP contribution is 2.36. The largest absolute Gasteiger partial charge is 0.423 e. The third-order valence-electron chi connectivity index (χ3n) is 4.39. The maximum Gasteiger partial charge on any atom is 0.336 e. The minimum atomic E-state index is -3.66. The molecule has 3 heterocycles. The van der Waals surface area contributed by atoms with Crippen molar-refractivity contribution in [2.24, 2.45) is 0 Å². The number of thiazole rings is 1. The van der Waals surface area contributed by atoms with Gasteiger partial charge in [0.05, 0.1) is 10.9 Å². The van der Waals surface area contributed by atoms with Gasteiger partial charge in [-0.15, -0.1) is 11.3 Å². The summed E-state index contributed by atoms with van der Waals surface area (Å²) in [7, 11) is -3.66. The number of sulfonamides is 1. The molecule has 1 atom stereocenters. The highest BCUT2D eigenvalue weighted by atomic mass is 32.2. The fourth-order valence-corrected chi connectivity index (χ4v) is 5.73. The molecule has 0 bridgehead atoms. The van der Waals surface area contributed by atoms with Crippen LogP contribution in [0, 0.1) is 0 Å². The van der Waals surface area contributed by atoms with E-state index < -0.39 is 15.6 Å². The monoisotopic (exact) mass is 376 g/mol. The van der Waals surface area contributed by atoms with Crippen LogP contribution in [0.2, 0.25) is 0 Å². The molecular formula is C17H16N2O4S2. The van der Waals surface area contributed by atoms with Crippen LogP contribution >= 0.6 is 11.3 Å². The number of fused-ring (bicyclic) bond motifs is 1. The molecule has 0 radical (unpaired) electrons. The minimum Gasteiger partial charge on any atom is -0.423 e. The number of rotatable bonds is 3. The Kier molecular flexibility index (Phi) is 4.18. The van der Waals surface area contributed by atoms with Gasteiger partial charge in [0.25, 0.3) is 0 Å². The van der Waals surface area contributed by atoms with Gasteiger partial charge in [0.2, 0.25) is 10.0 Å². The molecule has 130 valence electrons. The molecule has 4 rings (SSSR count). The molecule has 8 heteroatoms. The molecule has 1 aromatic carbocycles. The van der Waals surface area contributed by atoms with E-state index in [-0.39, 0.29) is 10.9 Å². The quantitative estimate of drug-likeness (QED) is 0.656. The second-order valence-electron chi connectivity index (χ2n) is 5.95. The van der Waals surface area contributed by atoms with E-state index >= 15 is 0 Å². The SMILES string of the molecule is O=c1ccc2cc(S(=O)(=O)N3CCCCC3c3nccs3)ccc2o1. The van der Waals surface area contributed by atoms with E-state index in [0.717, 1.165) is 24.3 Å². The summed E-state index contributed by atoms with van der Waals surface area (Å²) in [6, 6.07) is 7.23. The van der Waals surface area contributed by atoms with Crippen molar-refractivity contribution in [2.45, 2.75) is 30.2 Å². The number of hydrogen-bond donors (Lipinski definition) is 0. The summed E-state index contributed by atoms with van der Waals surface area (Å²) < 4.78 is 33.1. The zero-order valence-electron chi connectivity index (χ0n) is 13.3. The molecule has 1 fully saturated rings. The molecule has 0 amide bonds. The van der Waals surface area contributed by atoms with Crippen LogP contribution in [0.4, 0.5) is 0 Å². The maximum atomic E-state index is 13.2. The number of aromatic nitrogens is 1. The zero-order valence-corrected chi connectivity index (χ0v) is 14.9. The van der Waals surface area contributed by atoms with E-state index in [1.165, 1.54) is 29.5 Å². The second kappa shape index (κ2) is 6.36. The lowest BCUT2D eigenvalue weighted by molar-refractivity contribution is 0.255. The number of hydrogen-bond acceptors (Lipinski definition) is 6. The first kappa shape index (κ1) is 16.4. The zero-order chi connectivity index (χ0) is 17.4. The van der Waals surface area contributed by atoms with Crippen LogP contribution in [0.5, 0.6) is 0 Å². The molecule has 3 aromatic rings. The standard InChI is InChI=1S/C17H16N2O4S2/c20-16-7-4-12-11-13(5-6-15(12)23-16)25(21,22)19-9-2-1-3-14(19)17-18-8-10-24-17/h4-8,10-11,14H,1-3,9H2. The topological polar surface area (TPSA) is 80.5 Å². The second-order valence-corrected chi connectivity index (χ2v) is 8.77. The molecular weight excluding hydrogens is 360 g/mol. The molecule has 25 heavy (non-hydrogen) atoms. The predicted molar refractivity (Wildman–Crippen MR) is 95.1 cm³/mol. The van der Waals surface area contributed by atoms with Crippen molar-refractivity contribution in [1.29, 1.82) is 0 Å². The summed E-state index contributed by atoms with van der Waals surface area (Å²) >= 11 is 1.48. The predicted octanol–water partition coefficient (Wildman–Crippen LogP) is 3.17. The van der Waals surface area contributed by atoms with Crippen LogP contribution in [-0.2, 0) is 10.0 Å². The average Bonchev–Trinajstić information content (AvgIpc) is 3.15. The fraction of sp³-hybridized carbons (Fsp3) is 0.294. The van der Waals surface area contributed by atoms with Crippen LogP contribution in [0.25, 0.3) is 11.0 Å². The lowest BCUT2D eigenvalue weighted by Crippen LogP contribution is -2.38. The molecule has 0 saturated carbocycles. The number of nitrogens with zero attached hydrogens (tertiary/aromatic N) is 2. The number of benzene rings is 1. The van der Waals surface area contributed by atoms with E-state index in [9.17, 15) is 13.2 Å². The van der Waals surface area contributed by atoms with Crippen LogP contribution in [0.3, 0.4) is 0 Å². The van der Waals surface area contributed by atoms with Crippen molar-refractivity contribution in [1.82, 2.24) is 9.29 Å². The molecule has 0 N–H and O–H groups in total. The Morgan fingerprint density at radius 2 is 2.08 bits per heavy atom. The molecule has 2 aromatic heterocycles. The van der Waals surface area contributed by atoms with Crippen LogP contribution in [0.15, 0.2) is 56.0 Å². The third kappa shape index (κ3) is 3.01. The molecule has 0 aliphatic carbocycles. The summed E-state index contributed by atoms with van der Waals surface area (Å²) in [6.45, 7) is 0.481. The van der Waals surface area contributed by atoms with Crippen molar-refractivity contribution in [3.8, 4) is 0 Å². The molecule has 1 aliphatic heterocycles. The van der Waals surface area contributed by atoms with E-state index in [1.54, 1.807) is 22.6 Å². The first-order chi connectivity index (χ1) is 12.1. The Bertz CT molecular complexity index is 1060. The Morgan fingerprint density at radius 3 is 2.88 bits per heavy atom. The molecule has 0 spiro atoms. The van der Waals surface area contributed by atoms with E-state index in [2.05, 4.69) is 4.98 Å². The maximum absolute atomic E-state index is 13.2. The normalized spacial score (nSPS) is 19.3. The van der Waals surface area contributed by atoms with Crippen molar-refractivity contribution < 1.29 is 12.8 Å². The Morgan fingerprint density at radius 1 is 1.20 bits per heavy atom. The van der Waals surface area contributed by atoms with Gasteiger partial charge in [-0.05, 0) is 37.1 Å². The summed E-state index contributed by atoms with van der Waals surface area (Å²) in [4.78, 5) is 15.8. The third-order valence-corrected chi connectivity index (χ3v) is 7.17. The van der Waals surface area contributed by atoms with Gasteiger partial charge in [0.15, 0.2) is 0 Å². The molecule has 1 unspecified atom stereocenters. The van der Waals surface area contributed by atoms with Crippen LogP contribution in [-0.4, -0.2) is 24.3 Å². The fourth-order valence-electron chi connectivity index (χ4n) is 3.18. The van der Waals surface area contributed by atoms with Crippen LogP contribution < -0.4 is 5.63 Å². The van der Waals surface area contributed by atoms with Gasteiger partial charge in [-0.25, -0.2) is 18.2 Å². The lowest BCUT2D eigenvalue weighted by atomic mass is 10.1. The van der Waals surface area contributed by atoms with Gasteiger partial charge in [-0.1, -0.05) is 6.42 Å². The summed E-state index contributed by atoms with van der Waals surface area (Å²) in [6.07, 6.45) is 4.30. The molecule has 1 aliphatic rings. The summed E-state index contributed by atoms with van der Waals surface area (Å²) in [5.41, 5.74) is -0.0791. The number of piperidine rings is 1. The van der Waals surface area contributed by atoms with Crippen molar-refractivity contribution in [3.63, 3.8) is 0 Å². The average molecular weight is 376 g/mol. The summed E-state index contributed by atoms with van der Waals surface area (Å²) in [5, 5.41) is 3.28. The van der Waals surface area contributed by atoms with Gasteiger partial charge in [0.1, 0.15) is 10.6 Å². The molecule has 1 saturated heterocycles. The van der Waals surface area contributed by atoms with Crippen molar-refractivity contribution in [3.05, 3.63) is 57.3 Å². The van der Waals surface area contributed by atoms with Crippen LogP contribution in [0.1, 0.15) is 30.3 Å². The van der Waals surface area contributed by atoms with Gasteiger partial charge >= 0.3 is 5.63 Å². The van der Waals surface area contributed by atoms with E-state index in [0.29, 0.717) is 17.5 Å². The Balaban J connectivity index is 1.77. The first-order valence-corrected chi connectivity index (χ1v) is 10.3. The van der Waals surface area contributed by atoms with Crippen molar-refractivity contribution >= 4 is 32.3 Å². The first-order valence-electron chi connectivity index (χ1n) is 8.01. The van der Waals surface area contributed by atoms with E-state index in [1.807, 2.05) is 5.38 Å². The molecule has 6 nitrogen and oxygen atoms in total.